The molecule has 1 saturated carbocycles. The lowest BCUT2D eigenvalue weighted by Crippen LogP contribution is -2.33. The molecule has 0 radical (unpaired) electrons. The van der Waals surface area contributed by atoms with Gasteiger partial charge < -0.3 is 0 Å². The zero-order valence-electron chi connectivity index (χ0n) is 12.9. The second kappa shape index (κ2) is 7.67. The number of hydrogen-bond donors (Lipinski definition) is 0. The van der Waals surface area contributed by atoms with Crippen LogP contribution in [-0.4, -0.2) is 0 Å². The van der Waals surface area contributed by atoms with Crippen LogP contribution in [0.25, 0.3) is 0 Å². The van der Waals surface area contributed by atoms with Crippen LogP contribution >= 0.6 is 0 Å². The summed E-state index contributed by atoms with van der Waals surface area (Å²) in [6, 6.07) is 0. The van der Waals surface area contributed by atoms with Gasteiger partial charge in [0.05, 0.1) is 0 Å². The molecule has 0 aliphatic heterocycles. The lowest BCUT2D eigenvalue weighted by atomic mass is 9.63. The largest absolute Gasteiger partial charge is 0.0747 e. The molecule has 0 amide bonds. The minimum atomic E-state index is 0.656. The van der Waals surface area contributed by atoms with E-state index in [2.05, 4.69) is 52.2 Å². The molecule has 1 fully saturated rings. The van der Waals surface area contributed by atoms with Gasteiger partial charge in [-0.25, -0.2) is 0 Å². The lowest BCUT2D eigenvalue weighted by Gasteiger charge is -2.42. The van der Waals surface area contributed by atoms with Crippen molar-refractivity contribution in [3.8, 4) is 0 Å². The second-order valence-corrected chi connectivity index (χ2v) is 5.94. The molecule has 1 rings (SSSR count). The van der Waals surface area contributed by atoms with Crippen molar-refractivity contribution in [2.45, 2.75) is 66.7 Å². The highest BCUT2D eigenvalue weighted by Gasteiger charge is 2.35. The van der Waals surface area contributed by atoms with Crippen LogP contribution in [0.2, 0.25) is 0 Å². The number of hydrogen-bond acceptors (Lipinski definition) is 0. The Labute approximate surface area is 114 Å². The Morgan fingerprint density at radius 2 is 2.06 bits per heavy atom. The van der Waals surface area contributed by atoms with Crippen LogP contribution < -0.4 is 0 Å². The topological polar surface area (TPSA) is 0 Å². The molecule has 1 aliphatic rings. The average Bonchev–Trinajstić information content (AvgIpc) is 2.37. The molecule has 1 aliphatic carbocycles. The van der Waals surface area contributed by atoms with Crippen molar-refractivity contribution in [1.29, 1.82) is 0 Å². The molecular formula is C18H30. The summed E-state index contributed by atoms with van der Waals surface area (Å²) in [7, 11) is 0. The molecular weight excluding hydrogens is 216 g/mol. The van der Waals surface area contributed by atoms with E-state index in [1.165, 1.54) is 31.3 Å². The van der Waals surface area contributed by atoms with Gasteiger partial charge in [0.15, 0.2) is 0 Å². The molecule has 0 heterocycles. The molecule has 0 spiro atoms. The normalized spacial score (nSPS) is 27.7. The van der Waals surface area contributed by atoms with Crippen LogP contribution in [0.15, 0.2) is 23.1 Å². The van der Waals surface area contributed by atoms with Crippen molar-refractivity contribution < 1.29 is 0 Å². The predicted molar refractivity (Wildman–Crippen MR) is 80.5 cm³/mol. The van der Waals surface area contributed by atoms with Gasteiger partial charge >= 0.3 is 0 Å². The maximum Gasteiger partial charge on any atom is -0.0152 e. The monoisotopic (exact) mass is 246 g/mol. The van der Waals surface area contributed by atoms with Crippen molar-refractivity contribution in [2.24, 2.45) is 23.7 Å². The first-order chi connectivity index (χ1) is 8.63. The standard InChI is InChI=1S/C18H30/c1-6-14(4)16(7-2)11-9-10-12-17-13-15(5)18(17)8-3/h10,14-15,17-18H,6-8,12-13H2,1-5H3. The number of rotatable bonds is 6. The molecule has 0 N–H and O–H groups in total. The van der Waals surface area contributed by atoms with Gasteiger partial charge in [-0.15, -0.1) is 0 Å². The van der Waals surface area contributed by atoms with Crippen LogP contribution in [0.3, 0.4) is 0 Å². The summed E-state index contributed by atoms with van der Waals surface area (Å²) in [5.74, 6) is 3.46. The Morgan fingerprint density at radius 1 is 1.33 bits per heavy atom. The first kappa shape index (κ1) is 15.4. The van der Waals surface area contributed by atoms with Crippen molar-refractivity contribution in [2.75, 3.05) is 0 Å². The molecule has 102 valence electrons. The summed E-state index contributed by atoms with van der Waals surface area (Å²) in [5, 5.41) is 0. The Bertz CT molecular complexity index is 337. The van der Waals surface area contributed by atoms with E-state index in [4.69, 9.17) is 0 Å². The second-order valence-electron chi connectivity index (χ2n) is 5.94. The van der Waals surface area contributed by atoms with Crippen LogP contribution in [0.1, 0.15) is 66.7 Å². The van der Waals surface area contributed by atoms with Gasteiger partial charge in [0.1, 0.15) is 0 Å². The van der Waals surface area contributed by atoms with E-state index in [1.54, 1.807) is 0 Å². The SMILES string of the molecule is CCC(=C=C=CCC1CC(C)C1CC)C(C)CC. The Balaban J connectivity index is 2.56. The summed E-state index contributed by atoms with van der Waals surface area (Å²) >= 11 is 0. The van der Waals surface area contributed by atoms with Crippen LogP contribution in [0, 0.1) is 23.7 Å². The quantitative estimate of drug-likeness (QED) is 0.523. The smallest absolute Gasteiger partial charge is 0.0152 e. The third-order valence-electron chi connectivity index (χ3n) is 4.83. The van der Waals surface area contributed by atoms with Crippen molar-refractivity contribution in [3.63, 3.8) is 0 Å². The Kier molecular flexibility index (Phi) is 6.55. The molecule has 0 aromatic rings. The van der Waals surface area contributed by atoms with E-state index in [-0.39, 0.29) is 0 Å². The van der Waals surface area contributed by atoms with E-state index in [0.717, 1.165) is 24.2 Å². The van der Waals surface area contributed by atoms with E-state index in [1.807, 2.05) is 0 Å². The predicted octanol–water partition coefficient (Wildman–Crippen LogP) is 5.75. The van der Waals surface area contributed by atoms with Gasteiger partial charge in [0, 0.05) is 0 Å². The molecule has 0 nitrogen and oxygen atoms in total. The highest BCUT2D eigenvalue weighted by molar-refractivity contribution is 5.05. The molecule has 4 unspecified atom stereocenters. The molecule has 0 aromatic carbocycles. The van der Waals surface area contributed by atoms with Crippen molar-refractivity contribution in [3.05, 3.63) is 23.1 Å². The Morgan fingerprint density at radius 3 is 2.56 bits per heavy atom. The van der Waals surface area contributed by atoms with Gasteiger partial charge in [-0.05, 0) is 61.0 Å². The molecule has 4 atom stereocenters. The van der Waals surface area contributed by atoms with Gasteiger partial charge in [0.25, 0.3) is 0 Å². The van der Waals surface area contributed by atoms with Gasteiger partial charge in [-0.3, -0.25) is 0 Å². The van der Waals surface area contributed by atoms with E-state index in [9.17, 15) is 0 Å². The maximum atomic E-state index is 3.38. The van der Waals surface area contributed by atoms with E-state index >= 15 is 0 Å². The summed E-state index contributed by atoms with van der Waals surface area (Å²) < 4.78 is 0. The van der Waals surface area contributed by atoms with Gasteiger partial charge in [-0.2, -0.15) is 0 Å². The molecule has 18 heavy (non-hydrogen) atoms. The minimum absolute atomic E-state index is 0.656. The molecule has 0 heteroatoms. The minimum Gasteiger partial charge on any atom is -0.0747 e. The van der Waals surface area contributed by atoms with Gasteiger partial charge in [0.2, 0.25) is 0 Å². The molecule has 0 bridgehead atoms. The van der Waals surface area contributed by atoms with Crippen molar-refractivity contribution in [1.82, 2.24) is 0 Å². The summed E-state index contributed by atoms with van der Waals surface area (Å²) in [5.41, 5.74) is 8.10. The molecule has 0 aromatic heterocycles. The average molecular weight is 246 g/mol. The summed E-state index contributed by atoms with van der Waals surface area (Å²) in [4.78, 5) is 0. The number of allylic oxidation sites excluding steroid dienone is 2. The van der Waals surface area contributed by atoms with E-state index in [0.29, 0.717) is 5.92 Å². The van der Waals surface area contributed by atoms with Crippen LogP contribution in [0.4, 0.5) is 0 Å². The zero-order valence-corrected chi connectivity index (χ0v) is 12.9. The van der Waals surface area contributed by atoms with Crippen LogP contribution in [0.5, 0.6) is 0 Å². The van der Waals surface area contributed by atoms with Crippen LogP contribution in [-0.2, 0) is 0 Å². The summed E-state index contributed by atoms with van der Waals surface area (Å²) in [6.07, 6.45) is 8.48. The first-order valence-electron chi connectivity index (χ1n) is 7.82. The highest BCUT2D eigenvalue weighted by Crippen LogP contribution is 2.44. The first-order valence-corrected chi connectivity index (χ1v) is 7.82. The summed E-state index contributed by atoms with van der Waals surface area (Å²) in [6.45, 7) is 11.5. The molecule has 0 saturated heterocycles. The van der Waals surface area contributed by atoms with Gasteiger partial charge in [-0.1, -0.05) is 52.5 Å². The fraction of sp³-hybridized carbons (Fsp3) is 0.778. The fourth-order valence-corrected chi connectivity index (χ4v) is 3.26. The van der Waals surface area contributed by atoms with E-state index < -0.39 is 0 Å². The highest BCUT2D eigenvalue weighted by atomic mass is 14.4. The fourth-order valence-electron chi connectivity index (χ4n) is 3.26. The Hall–Kier alpha value is -0.700. The maximum absolute atomic E-state index is 3.38. The zero-order chi connectivity index (χ0) is 13.5. The van der Waals surface area contributed by atoms with Crippen molar-refractivity contribution >= 4 is 0 Å². The third kappa shape index (κ3) is 3.91. The lowest BCUT2D eigenvalue weighted by molar-refractivity contribution is 0.0844. The third-order valence-corrected chi connectivity index (χ3v) is 4.83.